The van der Waals surface area contributed by atoms with E-state index < -0.39 is 6.10 Å². The van der Waals surface area contributed by atoms with Gasteiger partial charge in [-0.15, -0.1) is 0 Å². The highest BCUT2D eigenvalue weighted by atomic mass is 16.5. The molecule has 2 aromatic rings. The van der Waals surface area contributed by atoms with Crippen molar-refractivity contribution >= 4 is 0 Å². The van der Waals surface area contributed by atoms with Crippen molar-refractivity contribution in [2.24, 2.45) is 7.05 Å². The molecule has 0 amide bonds. The molecule has 132 valence electrons. The fraction of sp³-hybridized carbons (Fsp3) is 0.611. The Morgan fingerprint density at radius 3 is 2.96 bits per heavy atom. The van der Waals surface area contributed by atoms with Crippen LogP contribution in [0.25, 0.3) is 0 Å². The summed E-state index contributed by atoms with van der Waals surface area (Å²) in [5.41, 5.74) is 3.63. The molecule has 0 bridgehead atoms. The molecule has 1 aliphatic rings. The smallest absolute Gasteiger partial charge is 0.129 e. The predicted octanol–water partition coefficient (Wildman–Crippen LogP) is 2.34. The molecule has 6 heteroatoms. The van der Waals surface area contributed by atoms with E-state index in [-0.39, 0.29) is 0 Å². The maximum Gasteiger partial charge on any atom is 0.129 e. The fourth-order valence-electron chi connectivity index (χ4n) is 3.66. The van der Waals surface area contributed by atoms with Gasteiger partial charge in [-0.1, -0.05) is 0 Å². The SMILES string of the molecule is Cc1nn(C)c(C)c1C1CCCN1CC(O)COCc1ccco1. The van der Waals surface area contributed by atoms with Gasteiger partial charge in [0.25, 0.3) is 0 Å². The van der Waals surface area contributed by atoms with Gasteiger partial charge in [0, 0.05) is 30.9 Å². The van der Waals surface area contributed by atoms with Gasteiger partial charge < -0.3 is 14.3 Å². The van der Waals surface area contributed by atoms with Gasteiger partial charge in [0.2, 0.25) is 0 Å². The fourth-order valence-corrected chi connectivity index (χ4v) is 3.66. The molecule has 0 spiro atoms. The van der Waals surface area contributed by atoms with E-state index in [2.05, 4.69) is 23.8 Å². The third-order valence-corrected chi connectivity index (χ3v) is 4.84. The first-order valence-electron chi connectivity index (χ1n) is 8.58. The lowest BCUT2D eigenvalue weighted by Gasteiger charge is -2.27. The zero-order valence-electron chi connectivity index (χ0n) is 14.7. The summed E-state index contributed by atoms with van der Waals surface area (Å²) in [6.45, 7) is 6.53. The summed E-state index contributed by atoms with van der Waals surface area (Å²) in [6, 6.07) is 4.05. The average Bonchev–Trinajstić information content (AvgIpc) is 3.24. The molecule has 0 aliphatic carbocycles. The van der Waals surface area contributed by atoms with Crippen LogP contribution in [0.4, 0.5) is 0 Å². The average molecular weight is 333 g/mol. The number of hydrogen-bond donors (Lipinski definition) is 1. The molecule has 1 saturated heterocycles. The van der Waals surface area contributed by atoms with Crippen molar-refractivity contribution in [3.8, 4) is 0 Å². The van der Waals surface area contributed by atoms with Crippen LogP contribution in [0.5, 0.6) is 0 Å². The van der Waals surface area contributed by atoms with E-state index in [0.29, 0.717) is 25.8 Å². The van der Waals surface area contributed by atoms with Crippen LogP contribution in [-0.4, -0.2) is 45.6 Å². The van der Waals surface area contributed by atoms with Gasteiger partial charge in [0.05, 0.1) is 24.7 Å². The molecule has 24 heavy (non-hydrogen) atoms. The monoisotopic (exact) mass is 333 g/mol. The standard InChI is InChI=1S/C18H27N3O3/c1-13-18(14(2)20(3)19-13)17-7-4-8-21(17)10-15(22)11-23-12-16-6-5-9-24-16/h5-6,9,15,17,22H,4,7-8,10-12H2,1-3H3. The Balaban J connectivity index is 1.55. The van der Waals surface area contributed by atoms with Gasteiger partial charge in [0.15, 0.2) is 0 Å². The van der Waals surface area contributed by atoms with Crippen molar-refractivity contribution in [2.75, 3.05) is 19.7 Å². The highest BCUT2D eigenvalue weighted by Gasteiger charge is 2.31. The Morgan fingerprint density at radius 1 is 1.46 bits per heavy atom. The Morgan fingerprint density at radius 2 is 2.29 bits per heavy atom. The Labute approximate surface area is 143 Å². The van der Waals surface area contributed by atoms with Crippen LogP contribution in [0.15, 0.2) is 22.8 Å². The van der Waals surface area contributed by atoms with Crippen LogP contribution in [0, 0.1) is 13.8 Å². The van der Waals surface area contributed by atoms with E-state index in [1.807, 2.05) is 23.9 Å². The lowest BCUT2D eigenvalue weighted by atomic mass is 10.0. The molecule has 1 N–H and O–H groups in total. The van der Waals surface area contributed by atoms with E-state index in [9.17, 15) is 5.11 Å². The number of aryl methyl sites for hydroxylation is 2. The van der Waals surface area contributed by atoms with Crippen LogP contribution < -0.4 is 0 Å². The maximum absolute atomic E-state index is 10.3. The molecule has 0 saturated carbocycles. The minimum atomic E-state index is -0.502. The number of aliphatic hydroxyl groups excluding tert-OH is 1. The summed E-state index contributed by atoms with van der Waals surface area (Å²) in [7, 11) is 1.99. The quantitative estimate of drug-likeness (QED) is 0.843. The molecule has 1 aliphatic heterocycles. The topological polar surface area (TPSA) is 63.7 Å². The molecule has 2 aromatic heterocycles. The summed E-state index contributed by atoms with van der Waals surface area (Å²) in [4.78, 5) is 2.36. The minimum absolute atomic E-state index is 0.314. The number of ether oxygens (including phenoxy) is 1. The zero-order chi connectivity index (χ0) is 17.1. The van der Waals surface area contributed by atoms with Crippen molar-refractivity contribution in [1.82, 2.24) is 14.7 Å². The van der Waals surface area contributed by atoms with Gasteiger partial charge in [-0.2, -0.15) is 5.10 Å². The first-order valence-corrected chi connectivity index (χ1v) is 8.58. The normalized spacial score (nSPS) is 19.9. The van der Waals surface area contributed by atoms with Crippen LogP contribution in [0.2, 0.25) is 0 Å². The van der Waals surface area contributed by atoms with Gasteiger partial charge in [-0.05, 0) is 45.4 Å². The minimum Gasteiger partial charge on any atom is -0.467 e. The van der Waals surface area contributed by atoms with Crippen LogP contribution >= 0.6 is 0 Å². The van der Waals surface area contributed by atoms with Crippen molar-refractivity contribution in [3.63, 3.8) is 0 Å². The highest BCUT2D eigenvalue weighted by molar-refractivity contribution is 5.29. The van der Waals surface area contributed by atoms with Crippen LogP contribution in [-0.2, 0) is 18.4 Å². The number of rotatable bonds is 7. The second kappa shape index (κ2) is 7.51. The first-order chi connectivity index (χ1) is 11.6. The lowest BCUT2D eigenvalue weighted by Crippen LogP contribution is -2.35. The summed E-state index contributed by atoms with van der Waals surface area (Å²) in [5, 5.41) is 14.9. The van der Waals surface area contributed by atoms with E-state index in [4.69, 9.17) is 9.15 Å². The van der Waals surface area contributed by atoms with Crippen molar-refractivity contribution in [3.05, 3.63) is 41.1 Å². The van der Waals surface area contributed by atoms with Gasteiger partial charge in [0.1, 0.15) is 12.4 Å². The molecular formula is C18H27N3O3. The van der Waals surface area contributed by atoms with E-state index in [0.717, 1.165) is 30.8 Å². The number of β-amino-alcohol motifs (C(OH)–C–C–N with tert-alkyl or cyclic N) is 1. The molecule has 0 radical (unpaired) electrons. The second-order valence-electron chi connectivity index (χ2n) is 6.61. The van der Waals surface area contributed by atoms with Crippen LogP contribution in [0.3, 0.4) is 0 Å². The van der Waals surface area contributed by atoms with E-state index in [1.54, 1.807) is 6.26 Å². The molecule has 3 heterocycles. The Kier molecular flexibility index (Phi) is 5.38. The molecule has 0 aromatic carbocycles. The lowest BCUT2D eigenvalue weighted by molar-refractivity contribution is 0.00301. The van der Waals surface area contributed by atoms with Crippen molar-refractivity contribution in [2.45, 2.75) is 45.4 Å². The molecule has 3 rings (SSSR count). The number of aliphatic hydroxyl groups is 1. The van der Waals surface area contributed by atoms with Gasteiger partial charge in [-0.3, -0.25) is 9.58 Å². The zero-order valence-corrected chi connectivity index (χ0v) is 14.7. The third-order valence-electron chi connectivity index (χ3n) is 4.84. The maximum atomic E-state index is 10.3. The number of nitrogens with zero attached hydrogens (tertiary/aromatic N) is 3. The molecule has 2 unspecified atom stereocenters. The largest absolute Gasteiger partial charge is 0.467 e. The summed E-state index contributed by atoms with van der Waals surface area (Å²) in [6.07, 6.45) is 3.40. The number of likely N-dealkylation sites (tertiary alicyclic amines) is 1. The summed E-state index contributed by atoms with van der Waals surface area (Å²) in [5.74, 6) is 0.780. The number of aromatic nitrogens is 2. The van der Waals surface area contributed by atoms with Gasteiger partial charge in [-0.25, -0.2) is 0 Å². The summed E-state index contributed by atoms with van der Waals surface area (Å²) >= 11 is 0. The Hall–Kier alpha value is -1.63. The molecular weight excluding hydrogens is 306 g/mol. The summed E-state index contributed by atoms with van der Waals surface area (Å²) < 4.78 is 12.7. The molecule has 1 fully saturated rings. The second-order valence-corrected chi connectivity index (χ2v) is 6.61. The third kappa shape index (κ3) is 3.71. The molecule has 2 atom stereocenters. The van der Waals surface area contributed by atoms with Crippen molar-refractivity contribution in [1.29, 1.82) is 0 Å². The van der Waals surface area contributed by atoms with Gasteiger partial charge >= 0.3 is 0 Å². The molecule has 6 nitrogen and oxygen atoms in total. The predicted molar refractivity (Wildman–Crippen MR) is 90.6 cm³/mol. The van der Waals surface area contributed by atoms with E-state index in [1.165, 1.54) is 11.3 Å². The van der Waals surface area contributed by atoms with Crippen LogP contribution in [0.1, 0.15) is 41.6 Å². The number of hydrogen-bond acceptors (Lipinski definition) is 5. The first kappa shape index (κ1) is 17.2. The number of furan rings is 1. The van der Waals surface area contributed by atoms with Crippen molar-refractivity contribution < 1.29 is 14.3 Å². The highest BCUT2D eigenvalue weighted by Crippen LogP contribution is 2.35. The van der Waals surface area contributed by atoms with E-state index >= 15 is 0 Å². The Bertz CT molecular complexity index is 651.